The predicted octanol–water partition coefficient (Wildman–Crippen LogP) is 4.69. The summed E-state index contributed by atoms with van der Waals surface area (Å²) in [6.07, 6.45) is 7.07. The Kier molecular flexibility index (Phi) is 6.94. The molecule has 2 rings (SSSR count). The molecule has 3 nitrogen and oxygen atoms in total. The predicted molar refractivity (Wildman–Crippen MR) is 98.3 cm³/mol. The average Bonchev–Trinajstić information content (AvgIpc) is 2.76. The van der Waals surface area contributed by atoms with E-state index < -0.39 is 0 Å². The molecule has 0 bridgehead atoms. The van der Waals surface area contributed by atoms with Gasteiger partial charge in [0.05, 0.1) is 6.04 Å². The van der Waals surface area contributed by atoms with Gasteiger partial charge in [0.15, 0.2) is 0 Å². The van der Waals surface area contributed by atoms with Gasteiger partial charge in [0.1, 0.15) is 0 Å². The van der Waals surface area contributed by atoms with Crippen molar-refractivity contribution in [3.8, 4) is 0 Å². The highest BCUT2D eigenvalue weighted by Gasteiger charge is 2.33. The van der Waals surface area contributed by atoms with Crippen LogP contribution in [-0.4, -0.2) is 37.0 Å². The van der Waals surface area contributed by atoms with Crippen LogP contribution in [0.1, 0.15) is 32.1 Å². The molecule has 2 atom stereocenters. The lowest BCUT2D eigenvalue weighted by atomic mass is 9.99. The van der Waals surface area contributed by atoms with Gasteiger partial charge in [-0.1, -0.05) is 42.5 Å². The largest absolute Gasteiger partial charge is 0.304 e. The first-order valence-corrected chi connectivity index (χ1v) is 8.88. The molecule has 1 aliphatic rings. The summed E-state index contributed by atoms with van der Waals surface area (Å²) in [6, 6.07) is 7.92. The molecule has 0 N–H and O–H groups in total. The molecule has 1 saturated carbocycles. The van der Waals surface area contributed by atoms with E-state index in [0.29, 0.717) is 11.1 Å². The van der Waals surface area contributed by atoms with Crippen molar-refractivity contribution in [2.24, 2.45) is 0 Å². The van der Waals surface area contributed by atoms with Gasteiger partial charge in [0, 0.05) is 28.4 Å². The summed E-state index contributed by atoms with van der Waals surface area (Å²) in [5.74, 6) is -0.0823. The molecule has 2 unspecified atom stereocenters. The number of hydrogen-bond donors (Lipinski definition) is 0. The summed E-state index contributed by atoms with van der Waals surface area (Å²) < 4.78 is 0. The second-order valence-electron chi connectivity index (χ2n) is 6.21. The number of amides is 1. The minimum atomic E-state index is -0.0823. The van der Waals surface area contributed by atoms with Gasteiger partial charge < -0.3 is 9.80 Å². The average molecular weight is 355 g/mol. The molecule has 23 heavy (non-hydrogen) atoms. The van der Waals surface area contributed by atoms with Crippen LogP contribution in [0, 0.1) is 0 Å². The molecule has 0 spiro atoms. The van der Waals surface area contributed by atoms with Crippen LogP contribution in [-0.2, 0) is 4.79 Å². The summed E-state index contributed by atoms with van der Waals surface area (Å²) in [6.45, 7) is 0. The molecule has 0 aliphatic heterocycles. The maximum atomic E-state index is 12.7. The molecule has 0 aromatic heterocycles. The van der Waals surface area contributed by atoms with Crippen LogP contribution in [0.3, 0.4) is 0 Å². The van der Waals surface area contributed by atoms with E-state index in [1.165, 1.54) is 24.5 Å². The van der Waals surface area contributed by atoms with Crippen molar-refractivity contribution in [2.75, 3.05) is 19.0 Å². The van der Waals surface area contributed by atoms with Gasteiger partial charge in [-0.15, -0.1) is 0 Å². The van der Waals surface area contributed by atoms with Gasteiger partial charge in [0.25, 0.3) is 5.91 Å². The molecule has 0 heterocycles. The highest BCUT2D eigenvalue weighted by molar-refractivity contribution is 6.30. The van der Waals surface area contributed by atoms with Crippen molar-refractivity contribution in [2.45, 2.75) is 44.2 Å². The number of carbonyl (C=O) groups is 1. The van der Waals surface area contributed by atoms with Crippen LogP contribution < -0.4 is 4.90 Å². The van der Waals surface area contributed by atoms with E-state index in [1.807, 2.05) is 29.2 Å². The fraction of sp³-hybridized carbons (Fsp3) is 0.500. The van der Waals surface area contributed by atoms with Crippen molar-refractivity contribution < 1.29 is 4.79 Å². The fourth-order valence-corrected chi connectivity index (χ4v) is 3.62. The summed E-state index contributed by atoms with van der Waals surface area (Å²) >= 11 is 11.7. The molecule has 0 radical (unpaired) electrons. The van der Waals surface area contributed by atoms with E-state index in [1.54, 1.807) is 0 Å². The normalized spacial score (nSPS) is 22.3. The second-order valence-corrected chi connectivity index (χ2v) is 6.90. The van der Waals surface area contributed by atoms with Crippen LogP contribution in [0.5, 0.6) is 0 Å². The molecule has 1 aliphatic carbocycles. The first kappa shape index (κ1) is 18.3. The molecule has 5 heteroatoms. The number of hydrogen-bond acceptors (Lipinski definition) is 2. The minimum Gasteiger partial charge on any atom is -0.304 e. The molecule has 1 amide bonds. The van der Waals surface area contributed by atoms with E-state index in [-0.39, 0.29) is 11.9 Å². The lowest BCUT2D eigenvalue weighted by Gasteiger charge is -2.39. The van der Waals surface area contributed by atoms with Gasteiger partial charge in [-0.2, -0.15) is 0 Å². The SMILES string of the molecule is CN(C)C1CCCCCC1N(C(=O)C=CCl)c1ccc(Cl)cc1. The third-order valence-corrected chi connectivity index (χ3v) is 4.86. The minimum absolute atomic E-state index is 0.0823. The number of nitrogens with zero attached hydrogens (tertiary/aromatic N) is 2. The molecule has 126 valence electrons. The van der Waals surface area contributed by atoms with E-state index in [4.69, 9.17) is 23.2 Å². The molecule has 1 aromatic carbocycles. The number of anilines is 1. The lowest BCUT2D eigenvalue weighted by Crippen LogP contribution is -2.51. The van der Waals surface area contributed by atoms with Crippen LogP contribution in [0.4, 0.5) is 5.69 Å². The van der Waals surface area contributed by atoms with Gasteiger partial charge in [-0.25, -0.2) is 0 Å². The number of rotatable bonds is 4. The zero-order valence-corrected chi connectivity index (χ0v) is 15.2. The third kappa shape index (κ3) is 4.72. The Labute approximate surface area is 148 Å². The Hall–Kier alpha value is -1.03. The van der Waals surface area contributed by atoms with Crippen molar-refractivity contribution >= 4 is 34.8 Å². The monoisotopic (exact) mass is 354 g/mol. The lowest BCUT2D eigenvalue weighted by molar-refractivity contribution is -0.115. The second kappa shape index (κ2) is 8.72. The maximum Gasteiger partial charge on any atom is 0.252 e. The Bertz CT molecular complexity index is 542. The van der Waals surface area contributed by atoms with E-state index >= 15 is 0 Å². The standard InChI is InChI=1S/C18H24Cl2N2O/c1-21(2)16-6-4-3-5-7-17(16)22(18(23)12-13-19)15-10-8-14(20)9-11-15/h8-13,16-17H,3-7H2,1-2H3. The third-order valence-electron chi connectivity index (χ3n) is 4.49. The highest BCUT2D eigenvalue weighted by atomic mass is 35.5. The van der Waals surface area contributed by atoms with Gasteiger partial charge in [-0.3, -0.25) is 4.79 Å². The maximum absolute atomic E-state index is 12.7. The summed E-state index contributed by atoms with van der Waals surface area (Å²) in [7, 11) is 4.18. The quantitative estimate of drug-likeness (QED) is 0.578. The Morgan fingerprint density at radius 3 is 2.26 bits per heavy atom. The van der Waals surface area contributed by atoms with Crippen LogP contribution >= 0.6 is 23.2 Å². The smallest absolute Gasteiger partial charge is 0.252 e. The van der Waals surface area contributed by atoms with Crippen LogP contribution in [0.25, 0.3) is 0 Å². The van der Waals surface area contributed by atoms with Crippen molar-refractivity contribution in [3.05, 3.63) is 40.9 Å². The van der Waals surface area contributed by atoms with E-state index in [9.17, 15) is 4.79 Å². The van der Waals surface area contributed by atoms with E-state index in [2.05, 4.69) is 19.0 Å². The van der Waals surface area contributed by atoms with E-state index in [0.717, 1.165) is 24.9 Å². The first-order valence-electron chi connectivity index (χ1n) is 8.06. The Morgan fingerprint density at radius 1 is 1.09 bits per heavy atom. The topological polar surface area (TPSA) is 23.6 Å². The fourth-order valence-electron chi connectivity index (χ4n) is 3.39. The molecule has 1 aromatic rings. The molecular formula is C18H24Cl2N2O. The zero-order valence-electron chi connectivity index (χ0n) is 13.7. The summed E-state index contributed by atoms with van der Waals surface area (Å²) in [4.78, 5) is 16.8. The summed E-state index contributed by atoms with van der Waals surface area (Å²) in [5, 5.41) is 0.666. The van der Waals surface area contributed by atoms with Gasteiger partial charge in [0.2, 0.25) is 0 Å². The first-order chi connectivity index (χ1) is 11.0. The van der Waals surface area contributed by atoms with Crippen molar-refractivity contribution in [3.63, 3.8) is 0 Å². The highest BCUT2D eigenvalue weighted by Crippen LogP contribution is 2.30. The molecule has 1 fully saturated rings. The number of halogens is 2. The number of benzene rings is 1. The van der Waals surface area contributed by atoms with Crippen LogP contribution in [0.2, 0.25) is 5.02 Å². The van der Waals surface area contributed by atoms with Crippen molar-refractivity contribution in [1.29, 1.82) is 0 Å². The van der Waals surface area contributed by atoms with Gasteiger partial charge in [-0.05, 0) is 51.2 Å². The number of likely N-dealkylation sites (N-methyl/N-ethyl adjacent to an activating group) is 1. The van der Waals surface area contributed by atoms with Crippen LogP contribution in [0.15, 0.2) is 35.9 Å². The van der Waals surface area contributed by atoms with Gasteiger partial charge >= 0.3 is 0 Å². The summed E-state index contributed by atoms with van der Waals surface area (Å²) in [5.41, 5.74) is 2.15. The molecule has 0 saturated heterocycles. The van der Waals surface area contributed by atoms with Crippen molar-refractivity contribution in [1.82, 2.24) is 4.90 Å². The Morgan fingerprint density at radius 2 is 1.70 bits per heavy atom. The number of carbonyl (C=O) groups excluding carboxylic acids is 1. The molecular weight excluding hydrogens is 331 g/mol. The Balaban J connectivity index is 2.41. The zero-order chi connectivity index (χ0) is 16.8.